The van der Waals surface area contributed by atoms with Crippen molar-refractivity contribution in [3.63, 3.8) is 0 Å². The Kier molecular flexibility index (Phi) is 3.78. The lowest BCUT2D eigenvalue weighted by atomic mass is 10.0. The maximum absolute atomic E-state index is 12.2. The highest BCUT2D eigenvalue weighted by Crippen LogP contribution is 2.53. The van der Waals surface area contributed by atoms with E-state index in [0.717, 1.165) is 12.0 Å². The quantitative estimate of drug-likeness (QED) is 0.741. The molecule has 3 atom stereocenters. The first-order valence-corrected chi connectivity index (χ1v) is 7.87. The molecule has 2 aromatic rings. The van der Waals surface area contributed by atoms with Gasteiger partial charge in [-0.25, -0.2) is 0 Å². The predicted octanol–water partition coefficient (Wildman–Crippen LogP) is 5.00. The smallest absolute Gasteiger partial charge is 0.312 e. The van der Waals surface area contributed by atoms with Crippen LogP contribution in [0.4, 0.5) is 0 Å². The van der Waals surface area contributed by atoms with Crippen molar-refractivity contribution in [2.45, 2.75) is 33.3 Å². The molecule has 2 nitrogen and oxygen atoms in total. The van der Waals surface area contributed by atoms with Crippen LogP contribution in [-0.4, -0.2) is 5.97 Å². The van der Waals surface area contributed by atoms with Crippen LogP contribution < -0.4 is 0 Å². The molecule has 22 heavy (non-hydrogen) atoms. The average molecular weight is 294 g/mol. The molecule has 0 aliphatic heterocycles. The van der Waals surface area contributed by atoms with E-state index < -0.39 is 0 Å². The van der Waals surface area contributed by atoms with Gasteiger partial charge in [0, 0.05) is 0 Å². The molecule has 0 radical (unpaired) electrons. The van der Waals surface area contributed by atoms with Crippen LogP contribution in [-0.2, 0) is 9.53 Å². The van der Waals surface area contributed by atoms with Crippen molar-refractivity contribution in [1.29, 1.82) is 0 Å². The number of carbonyl (C=O) groups is 1. The fourth-order valence-corrected chi connectivity index (χ4v) is 2.80. The van der Waals surface area contributed by atoms with Crippen molar-refractivity contribution in [1.82, 2.24) is 0 Å². The number of benzene rings is 2. The molecule has 0 saturated heterocycles. The molecule has 0 heterocycles. The van der Waals surface area contributed by atoms with E-state index in [4.69, 9.17) is 4.74 Å². The Bertz CT molecular complexity index is 660. The Morgan fingerprint density at radius 1 is 1.09 bits per heavy atom. The summed E-state index contributed by atoms with van der Waals surface area (Å²) in [5.41, 5.74) is 3.13. The maximum Gasteiger partial charge on any atom is 0.312 e. The minimum atomic E-state index is -0.266. The topological polar surface area (TPSA) is 26.3 Å². The van der Waals surface area contributed by atoms with Crippen molar-refractivity contribution < 1.29 is 9.53 Å². The molecule has 0 bridgehead atoms. The molecule has 2 aromatic carbocycles. The van der Waals surface area contributed by atoms with Gasteiger partial charge >= 0.3 is 5.97 Å². The van der Waals surface area contributed by atoms with E-state index in [1.807, 2.05) is 44.2 Å². The Labute approximate surface area is 132 Å². The highest BCUT2D eigenvalue weighted by Gasteiger charge is 2.54. The highest BCUT2D eigenvalue weighted by atomic mass is 16.5. The summed E-state index contributed by atoms with van der Waals surface area (Å²) >= 11 is 0. The van der Waals surface area contributed by atoms with Crippen LogP contribution in [0.5, 0.6) is 0 Å². The zero-order valence-electron chi connectivity index (χ0n) is 13.4. The number of ether oxygens (including phenoxy) is 1. The summed E-state index contributed by atoms with van der Waals surface area (Å²) in [6.45, 7) is 6.03. The fraction of sp³-hybridized carbons (Fsp3) is 0.350. The number of rotatable bonds is 4. The molecule has 3 rings (SSSR count). The van der Waals surface area contributed by atoms with Gasteiger partial charge < -0.3 is 4.74 Å². The molecule has 0 amide bonds. The van der Waals surface area contributed by atoms with E-state index in [-0.39, 0.29) is 17.5 Å². The Hall–Kier alpha value is -2.09. The first-order valence-electron chi connectivity index (χ1n) is 7.87. The Morgan fingerprint density at radius 2 is 1.64 bits per heavy atom. The molecule has 1 fully saturated rings. The molecule has 1 aliphatic rings. The minimum Gasteiger partial charge on any atom is -0.457 e. The van der Waals surface area contributed by atoms with Gasteiger partial charge in [-0.3, -0.25) is 4.79 Å². The normalized spacial score (nSPS) is 24.6. The third kappa shape index (κ3) is 2.78. The summed E-state index contributed by atoms with van der Waals surface area (Å²) < 4.78 is 5.64. The van der Waals surface area contributed by atoms with Gasteiger partial charge in [-0.15, -0.1) is 0 Å². The van der Waals surface area contributed by atoms with Crippen LogP contribution in [0.1, 0.15) is 38.9 Å². The van der Waals surface area contributed by atoms with Crippen molar-refractivity contribution in [2.75, 3.05) is 0 Å². The van der Waals surface area contributed by atoms with Gasteiger partial charge in [0.2, 0.25) is 0 Å². The van der Waals surface area contributed by atoms with Gasteiger partial charge in [-0.05, 0) is 42.9 Å². The molecular weight excluding hydrogens is 272 g/mol. The average Bonchev–Trinajstić information content (AvgIpc) is 3.17. The summed E-state index contributed by atoms with van der Waals surface area (Å²) in [5, 5.41) is 0. The van der Waals surface area contributed by atoms with Crippen LogP contribution in [0.3, 0.4) is 0 Å². The van der Waals surface area contributed by atoms with Crippen molar-refractivity contribution >= 4 is 5.97 Å². The van der Waals surface area contributed by atoms with Crippen LogP contribution in [0.15, 0.2) is 54.6 Å². The van der Waals surface area contributed by atoms with Gasteiger partial charge in [-0.1, -0.05) is 61.5 Å². The van der Waals surface area contributed by atoms with E-state index in [1.54, 1.807) is 0 Å². The molecule has 0 spiro atoms. The molecule has 1 aliphatic carbocycles. The fourth-order valence-electron chi connectivity index (χ4n) is 2.80. The minimum absolute atomic E-state index is 0.0698. The van der Waals surface area contributed by atoms with Crippen LogP contribution in [0.25, 0.3) is 11.1 Å². The summed E-state index contributed by atoms with van der Waals surface area (Å²) in [5.74, 6) is 0.368. The van der Waals surface area contributed by atoms with Crippen molar-refractivity contribution in [3.8, 4) is 11.1 Å². The van der Waals surface area contributed by atoms with E-state index in [2.05, 4.69) is 31.2 Å². The zero-order chi connectivity index (χ0) is 15.7. The molecule has 2 heteroatoms. The van der Waals surface area contributed by atoms with Gasteiger partial charge in [0.1, 0.15) is 6.10 Å². The Morgan fingerprint density at radius 3 is 2.18 bits per heavy atom. The number of carbonyl (C=O) groups excluding carboxylic acids is 1. The third-order valence-corrected chi connectivity index (χ3v) is 4.90. The second-order valence-corrected chi connectivity index (χ2v) is 6.56. The standard InChI is InChI=1S/C20H22O2/c1-14-13-20(14,3)19(21)22-15(2)16-9-11-18(12-10-16)17-7-5-4-6-8-17/h4-12,14-15H,13H2,1-3H3. The van der Waals surface area contributed by atoms with Crippen molar-refractivity contribution in [3.05, 3.63) is 60.2 Å². The van der Waals surface area contributed by atoms with Gasteiger partial charge in [0.05, 0.1) is 5.41 Å². The SMILES string of the molecule is CC(OC(=O)C1(C)CC1C)c1ccc(-c2ccccc2)cc1. The lowest BCUT2D eigenvalue weighted by Crippen LogP contribution is -2.19. The zero-order valence-corrected chi connectivity index (χ0v) is 13.4. The molecule has 0 N–H and O–H groups in total. The number of hydrogen-bond acceptors (Lipinski definition) is 2. The Balaban J connectivity index is 1.69. The molecule has 114 valence electrons. The molecule has 1 saturated carbocycles. The number of hydrogen-bond donors (Lipinski definition) is 0. The largest absolute Gasteiger partial charge is 0.457 e. The molecule has 3 unspecified atom stereocenters. The van der Waals surface area contributed by atoms with Crippen molar-refractivity contribution in [2.24, 2.45) is 11.3 Å². The van der Waals surface area contributed by atoms with E-state index in [9.17, 15) is 4.79 Å². The van der Waals surface area contributed by atoms with Gasteiger partial charge in [-0.2, -0.15) is 0 Å². The van der Waals surface area contributed by atoms with E-state index in [0.29, 0.717) is 5.92 Å². The van der Waals surface area contributed by atoms with Crippen LogP contribution >= 0.6 is 0 Å². The summed E-state index contributed by atoms with van der Waals surface area (Å²) in [7, 11) is 0. The lowest BCUT2D eigenvalue weighted by Gasteiger charge is -2.17. The summed E-state index contributed by atoms with van der Waals surface area (Å²) in [6, 6.07) is 18.5. The number of esters is 1. The lowest BCUT2D eigenvalue weighted by molar-refractivity contribution is -0.155. The second kappa shape index (κ2) is 5.60. The van der Waals surface area contributed by atoms with Gasteiger partial charge in [0.25, 0.3) is 0 Å². The summed E-state index contributed by atoms with van der Waals surface area (Å²) in [4.78, 5) is 12.2. The van der Waals surface area contributed by atoms with Crippen LogP contribution in [0.2, 0.25) is 0 Å². The van der Waals surface area contributed by atoms with E-state index in [1.165, 1.54) is 11.1 Å². The highest BCUT2D eigenvalue weighted by molar-refractivity contribution is 5.80. The van der Waals surface area contributed by atoms with Gasteiger partial charge in [0.15, 0.2) is 0 Å². The summed E-state index contributed by atoms with van der Waals surface area (Å²) in [6.07, 6.45) is 0.729. The predicted molar refractivity (Wildman–Crippen MR) is 88.3 cm³/mol. The first-order chi connectivity index (χ1) is 10.5. The van der Waals surface area contributed by atoms with E-state index >= 15 is 0 Å². The third-order valence-electron chi connectivity index (χ3n) is 4.90. The molecular formula is C20H22O2. The first kappa shape index (κ1) is 14.8. The van der Waals surface area contributed by atoms with Crippen LogP contribution in [0, 0.1) is 11.3 Å². The second-order valence-electron chi connectivity index (χ2n) is 6.56. The monoisotopic (exact) mass is 294 g/mol. The molecule has 0 aromatic heterocycles. The maximum atomic E-state index is 12.2.